The van der Waals surface area contributed by atoms with Gasteiger partial charge in [0, 0.05) is 6.07 Å². The number of halogens is 3. The van der Waals surface area contributed by atoms with Gasteiger partial charge in [-0.3, -0.25) is 9.48 Å². The minimum absolute atomic E-state index is 0.137. The number of anilines is 1. The number of aryl methyl sites for hydroxylation is 1. The summed E-state index contributed by atoms with van der Waals surface area (Å²) in [6, 6.07) is 0.713. The molecule has 2 aromatic heterocycles. The van der Waals surface area contributed by atoms with E-state index in [0.717, 1.165) is 4.68 Å². The molecule has 2 heterocycles. The molecule has 114 valence electrons. The van der Waals surface area contributed by atoms with E-state index in [1.807, 2.05) is 0 Å². The Labute approximate surface area is 124 Å². The van der Waals surface area contributed by atoms with Crippen molar-refractivity contribution in [3.8, 4) is 0 Å². The molecule has 9 heteroatoms. The number of nitrogens with zero attached hydrogens (tertiary/aromatic N) is 3. The molecule has 0 radical (unpaired) electrons. The fourth-order valence-electron chi connectivity index (χ4n) is 1.80. The smallest absolute Gasteiger partial charge is 0.283 e. The monoisotopic (exact) mass is 318 g/mol. The predicted molar refractivity (Wildman–Crippen MR) is 71.5 cm³/mol. The van der Waals surface area contributed by atoms with Crippen molar-refractivity contribution in [3.05, 3.63) is 28.2 Å². The third-order valence-electron chi connectivity index (χ3n) is 2.93. The standard InChI is InChI=1S/C12H13ClF2N4O2/c1-5-4-8(18-21-5)16-12(20)7(3)19-6(2)9(13)10(17-19)11(14)15/h4,7,11H,1-3H3,(H,16,18,20). The molecule has 1 N–H and O–H groups in total. The Kier molecular flexibility index (Phi) is 4.26. The summed E-state index contributed by atoms with van der Waals surface area (Å²) >= 11 is 5.80. The molecule has 2 aromatic rings. The summed E-state index contributed by atoms with van der Waals surface area (Å²) < 4.78 is 31.5. The molecule has 0 aromatic carbocycles. The minimum atomic E-state index is -2.80. The molecule has 0 fully saturated rings. The van der Waals surface area contributed by atoms with Crippen molar-refractivity contribution in [2.45, 2.75) is 33.2 Å². The molecular weight excluding hydrogens is 306 g/mol. The van der Waals surface area contributed by atoms with Crippen molar-refractivity contribution in [2.24, 2.45) is 0 Å². The first-order valence-electron chi connectivity index (χ1n) is 6.08. The third kappa shape index (κ3) is 3.05. The van der Waals surface area contributed by atoms with Crippen LogP contribution >= 0.6 is 11.6 Å². The zero-order valence-electron chi connectivity index (χ0n) is 11.5. The van der Waals surface area contributed by atoms with E-state index in [2.05, 4.69) is 15.6 Å². The van der Waals surface area contributed by atoms with Crippen LogP contribution in [-0.2, 0) is 4.79 Å². The van der Waals surface area contributed by atoms with Crippen LogP contribution in [0.2, 0.25) is 5.02 Å². The highest BCUT2D eigenvalue weighted by molar-refractivity contribution is 6.31. The maximum absolute atomic E-state index is 12.8. The van der Waals surface area contributed by atoms with Gasteiger partial charge in [-0.2, -0.15) is 5.10 Å². The molecule has 0 bridgehead atoms. The average Bonchev–Trinajstić information content (AvgIpc) is 2.94. The molecular formula is C12H13ClF2N4O2. The number of hydrogen-bond acceptors (Lipinski definition) is 4. The maximum atomic E-state index is 12.8. The van der Waals surface area contributed by atoms with E-state index in [0.29, 0.717) is 11.5 Å². The number of carbonyl (C=O) groups excluding carboxylic acids is 1. The number of aromatic nitrogens is 3. The van der Waals surface area contributed by atoms with E-state index >= 15 is 0 Å². The number of carbonyl (C=O) groups is 1. The summed E-state index contributed by atoms with van der Waals surface area (Å²) in [5.41, 5.74) is -0.239. The number of alkyl halides is 2. The molecule has 0 saturated carbocycles. The molecule has 0 spiro atoms. The van der Waals surface area contributed by atoms with E-state index in [1.54, 1.807) is 6.92 Å². The Hall–Kier alpha value is -1.96. The van der Waals surface area contributed by atoms with Gasteiger partial charge in [0.1, 0.15) is 17.5 Å². The van der Waals surface area contributed by atoms with E-state index in [9.17, 15) is 13.6 Å². The highest BCUT2D eigenvalue weighted by atomic mass is 35.5. The van der Waals surface area contributed by atoms with Gasteiger partial charge in [0.05, 0.1) is 10.7 Å². The fraction of sp³-hybridized carbons (Fsp3) is 0.417. The van der Waals surface area contributed by atoms with Crippen LogP contribution in [0.25, 0.3) is 0 Å². The molecule has 2 rings (SSSR count). The minimum Gasteiger partial charge on any atom is -0.360 e. The Morgan fingerprint density at radius 2 is 2.14 bits per heavy atom. The Morgan fingerprint density at radius 3 is 2.62 bits per heavy atom. The second kappa shape index (κ2) is 5.80. The lowest BCUT2D eigenvalue weighted by Gasteiger charge is -2.13. The highest BCUT2D eigenvalue weighted by Crippen LogP contribution is 2.30. The normalized spacial score (nSPS) is 12.7. The van der Waals surface area contributed by atoms with Gasteiger partial charge in [-0.1, -0.05) is 16.8 Å². The SMILES string of the molecule is Cc1cc(NC(=O)C(C)n2nc(C(F)F)c(Cl)c2C)no1. The lowest BCUT2D eigenvalue weighted by molar-refractivity contribution is -0.119. The summed E-state index contributed by atoms with van der Waals surface area (Å²) in [6.45, 7) is 4.72. The maximum Gasteiger partial charge on any atom is 0.283 e. The van der Waals surface area contributed by atoms with Gasteiger partial charge in [0.2, 0.25) is 5.91 Å². The van der Waals surface area contributed by atoms with E-state index in [-0.39, 0.29) is 10.8 Å². The van der Waals surface area contributed by atoms with E-state index < -0.39 is 24.1 Å². The van der Waals surface area contributed by atoms with Crippen molar-refractivity contribution in [2.75, 3.05) is 5.32 Å². The number of rotatable bonds is 4. The van der Waals surface area contributed by atoms with Crippen LogP contribution < -0.4 is 5.32 Å². The van der Waals surface area contributed by atoms with Crippen LogP contribution in [0.4, 0.5) is 14.6 Å². The van der Waals surface area contributed by atoms with Gasteiger partial charge in [-0.25, -0.2) is 8.78 Å². The molecule has 1 amide bonds. The molecule has 6 nitrogen and oxygen atoms in total. The summed E-state index contributed by atoms with van der Waals surface area (Å²) in [4.78, 5) is 12.1. The number of hydrogen-bond donors (Lipinski definition) is 1. The molecule has 0 aliphatic rings. The zero-order valence-corrected chi connectivity index (χ0v) is 12.3. The topological polar surface area (TPSA) is 73.0 Å². The Balaban J connectivity index is 2.21. The lowest BCUT2D eigenvalue weighted by Crippen LogP contribution is -2.25. The van der Waals surface area contributed by atoms with Crippen molar-refractivity contribution in [3.63, 3.8) is 0 Å². The van der Waals surface area contributed by atoms with Crippen LogP contribution in [0.1, 0.15) is 36.5 Å². The van der Waals surface area contributed by atoms with Gasteiger partial charge in [-0.15, -0.1) is 0 Å². The summed E-state index contributed by atoms with van der Waals surface area (Å²) in [5, 5.41) is 9.70. The first kappa shape index (κ1) is 15.4. The van der Waals surface area contributed by atoms with Crippen LogP contribution in [0.3, 0.4) is 0 Å². The van der Waals surface area contributed by atoms with Gasteiger partial charge in [-0.05, 0) is 20.8 Å². The fourth-order valence-corrected chi connectivity index (χ4v) is 2.01. The molecule has 0 aliphatic carbocycles. The average molecular weight is 319 g/mol. The van der Waals surface area contributed by atoms with Crippen LogP contribution in [-0.4, -0.2) is 20.8 Å². The van der Waals surface area contributed by atoms with Gasteiger partial charge in [0.15, 0.2) is 5.82 Å². The molecule has 1 atom stereocenters. The van der Waals surface area contributed by atoms with Crippen molar-refractivity contribution >= 4 is 23.3 Å². The van der Waals surface area contributed by atoms with Crippen LogP contribution in [0, 0.1) is 13.8 Å². The van der Waals surface area contributed by atoms with Crippen molar-refractivity contribution in [1.29, 1.82) is 0 Å². The van der Waals surface area contributed by atoms with Gasteiger partial charge < -0.3 is 9.84 Å². The molecule has 0 aliphatic heterocycles. The summed E-state index contributed by atoms with van der Waals surface area (Å²) in [6.07, 6.45) is -2.80. The highest BCUT2D eigenvalue weighted by Gasteiger charge is 2.26. The molecule has 0 saturated heterocycles. The van der Waals surface area contributed by atoms with Crippen LogP contribution in [0.5, 0.6) is 0 Å². The number of amides is 1. The molecule has 21 heavy (non-hydrogen) atoms. The molecule has 1 unspecified atom stereocenters. The van der Waals surface area contributed by atoms with Crippen molar-refractivity contribution < 1.29 is 18.1 Å². The Bertz CT molecular complexity index is 668. The largest absolute Gasteiger partial charge is 0.360 e. The van der Waals surface area contributed by atoms with Gasteiger partial charge in [0.25, 0.3) is 6.43 Å². The zero-order chi connectivity index (χ0) is 15.7. The quantitative estimate of drug-likeness (QED) is 0.939. The predicted octanol–water partition coefficient (Wildman–Crippen LogP) is 3.28. The van der Waals surface area contributed by atoms with E-state index in [1.165, 1.54) is 19.9 Å². The first-order valence-corrected chi connectivity index (χ1v) is 6.46. The Morgan fingerprint density at radius 1 is 1.48 bits per heavy atom. The number of nitrogens with one attached hydrogen (secondary N) is 1. The third-order valence-corrected chi connectivity index (χ3v) is 3.40. The second-order valence-corrected chi connectivity index (χ2v) is 4.90. The second-order valence-electron chi connectivity index (χ2n) is 4.52. The summed E-state index contributed by atoms with van der Waals surface area (Å²) in [7, 11) is 0. The summed E-state index contributed by atoms with van der Waals surface area (Å²) in [5.74, 6) is 0.317. The van der Waals surface area contributed by atoms with Crippen molar-refractivity contribution in [1.82, 2.24) is 14.9 Å². The lowest BCUT2D eigenvalue weighted by atomic mass is 10.3. The van der Waals surface area contributed by atoms with Crippen LogP contribution in [0.15, 0.2) is 10.6 Å². The van der Waals surface area contributed by atoms with Gasteiger partial charge >= 0.3 is 0 Å². The first-order chi connectivity index (χ1) is 9.81. The van der Waals surface area contributed by atoms with E-state index in [4.69, 9.17) is 16.1 Å².